The highest BCUT2D eigenvalue weighted by atomic mass is 16.3. The number of rotatable bonds is 6. The Kier molecular flexibility index (Phi) is 6.36. The molecule has 1 aliphatic heterocycles. The SMILES string of the molecule is CN1CCC(c2ccc3c(c2)nc(NC(=O)c2ccnc(-c4cnn(C)c4)c2)n3CC(C)(C)O)CC1. The normalized spacial score (nSPS) is 15.5. The number of hydrogen-bond donors (Lipinski definition) is 2. The number of aliphatic hydroxyl groups is 1. The van der Waals surface area contributed by atoms with Crippen LogP contribution in [0.3, 0.4) is 0 Å². The van der Waals surface area contributed by atoms with Gasteiger partial charge in [0.25, 0.3) is 5.91 Å². The number of likely N-dealkylation sites (tertiary alicyclic amines) is 1. The van der Waals surface area contributed by atoms with E-state index in [2.05, 4.69) is 45.5 Å². The quantitative estimate of drug-likeness (QED) is 0.430. The molecule has 0 spiro atoms. The number of hydrogen-bond acceptors (Lipinski definition) is 6. The van der Waals surface area contributed by atoms with E-state index in [4.69, 9.17) is 4.98 Å². The molecule has 0 aliphatic carbocycles. The third-order valence-corrected chi connectivity index (χ3v) is 6.76. The second-order valence-electron chi connectivity index (χ2n) is 10.4. The Morgan fingerprint density at radius 3 is 2.64 bits per heavy atom. The number of benzene rings is 1. The van der Waals surface area contributed by atoms with Gasteiger partial charge in [-0.3, -0.25) is 19.8 Å². The molecular formula is C27H33N7O2. The minimum atomic E-state index is -0.982. The molecule has 0 radical (unpaired) electrons. The van der Waals surface area contributed by atoms with E-state index in [0.29, 0.717) is 29.7 Å². The number of aryl methyl sites for hydroxylation is 1. The standard InChI is InChI=1S/C27H33N7O2/c1-27(2,36)17-34-24-6-5-19(18-8-11-32(3)12-9-18)13-23(24)30-26(34)31-25(35)20-7-10-28-22(14-20)21-15-29-33(4)16-21/h5-7,10,13-16,18,36H,8-9,11-12,17H2,1-4H3,(H,30,31,35). The average molecular weight is 488 g/mol. The van der Waals surface area contributed by atoms with Crippen molar-refractivity contribution in [3.8, 4) is 11.3 Å². The molecule has 0 saturated carbocycles. The molecule has 5 rings (SSSR count). The molecule has 9 nitrogen and oxygen atoms in total. The Balaban J connectivity index is 1.46. The maximum Gasteiger partial charge on any atom is 0.258 e. The van der Waals surface area contributed by atoms with Crippen LogP contribution in [0.25, 0.3) is 22.3 Å². The van der Waals surface area contributed by atoms with Gasteiger partial charge in [-0.1, -0.05) is 6.07 Å². The number of pyridine rings is 1. The van der Waals surface area contributed by atoms with Gasteiger partial charge in [0, 0.05) is 30.6 Å². The van der Waals surface area contributed by atoms with Crippen LogP contribution in [0.5, 0.6) is 0 Å². The number of carbonyl (C=O) groups excluding carboxylic acids is 1. The Morgan fingerprint density at radius 2 is 1.94 bits per heavy atom. The number of anilines is 1. The third kappa shape index (κ3) is 5.17. The van der Waals surface area contributed by atoms with Crippen molar-refractivity contribution in [3.63, 3.8) is 0 Å². The number of imidazole rings is 1. The van der Waals surface area contributed by atoms with Crippen LogP contribution in [0.1, 0.15) is 48.5 Å². The molecule has 0 unspecified atom stereocenters. The van der Waals surface area contributed by atoms with Gasteiger partial charge in [0.15, 0.2) is 0 Å². The first-order valence-electron chi connectivity index (χ1n) is 12.3. The molecule has 36 heavy (non-hydrogen) atoms. The van der Waals surface area contributed by atoms with Crippen molar-refractivity contribution in [1.29, 1.82) is 0 Å². The molecule has 0 atom stereocenters. The van der Waals surface area contributed by atoms with E-state index in [1.165, 1.54) is 5.56 Å². The van der Waals surface area contributed by atoms with E-state index in [1.807, 2.05) is 17.8 Å². The van der Waals surface area contributed by atoms with Crippen LogP contribution in [0.2, 0.25) is 0 Å². The van der Waals surface area contributed by atoms with Gasteiger partial charge in [-0.2, -0.15) is 5.10 Å². The van der Waals surface area contributed by atoms with Gasteiger partial charge in [-0.05, 0) is 82.6 Å². The molecule has 1 amide bonds. The van der Waals surface area contributed by atoms with E-state index < -0.39 is 5.60 Å². The Labute approximate surface area is 210 Å². The van der Waals surface area contributed by atoms with Gasteiger partial charge < -0.3 is 14.6 Å². The fourth-order valence-corrected chi connectivity index (χ4v) is 4.84. The molecule has 4 heterocycles. The minimum absolute atomic E-state index is 0.287. The van der Waals surface area contributed by atoms with Crippen LogP contribution >= 0.6 is 0 Å². The van der Waals surface area contributed by atoms with Crippen molar-refractivity contribution in [2.75, 3.05) is 25.5 Å². The van der Waals surface area contributed by atoms with Crippen LogP contribution in [0, 0.1) is 0 Å². The summed E-state index contributed by atoms with van der Waals surface area (Å²) < 4.78 is 3.58. The smallest absolute Gasteiger partial charge is 0.258 e. The fourth-order valence-electron chi connectivity index (χ4n) is 4.84. The molecule has 1 saturated heterocycles. The van der Waals surface area contributed by atoms with Gasteiger partial charge in [0.1, 0.15) is 0 Å². The van der Waals surface area contributed by atoms with E-state index in [-0.39, 0.29) is 5.91 Å². The predicted molar refractivity (Wildman–Crippen MR) is 140 cm³/mol. The third-order valence-electron chi connectivity index (χ3n) is 6.76. The first-order chi connectivity index (χ1) is 17.2. The highest BCUT2D eigenvalue weighted by Crippen LogP contribution is 2.31. The highest BCUT2D eigenvalue weighted by Gasteiger charge is 2.23. The molecule has 1 aliphatic rings. The summed E-state index contributed by atoms with van der Waals surface area (Å²) >= 11 is 0. The Bertz CT molecular complexity index is 1390. The lowest BCUT2D eigenvalue weighted by atomic mass is 9.89. The number of nitrogens with one attached hydrogen (secondary N) is 1. The molecule has 188 valence electrons. The van der Waals surface area contributed by atoms with Crippen molar-refractivity contribution in [3.05, 3.63) is 60.0 Å². The van der Waals surface area contributed by atoms with Crippen molar-refractivity contribution in [2.45, 2.75) is 44.8 Å². The molecule has 0 bridgehead atoms. The summed E-state index contributed by atoms with van der Waals surface area (Å²) in [5.41, 5.74) is 3.97. The Morgan fingerprint density at radius 1 is 1.17 bits per heavy atom. The van der Waals surface area contributed by atoms with Crippen molar-refractivity contribution in [1.82, 2.24) is 29.2 Å². The number of nitrogens with zero attached hydrogens (tertiary/aromatic N) is 6. The van der Waals surface area contributed by atoms with Crippen LogP contribution in [-0.4, -0.2) is 66.0 Å². The maximum absolute atomic E-state index is 13.3. The lowest BCUT2D eigenvalue weighted by molar-refractivity contribution is 0.0630. The summed E-state index contributed by atoms with van der Waals surface area (Å²) in [6.45, 7) is 5.97. The fraction of sp³-hybridized carbons (Fsp3) is 0.407. The lowest BCUT2D eigenvalue weighted by Gasteiger charge is -2.29. The molecule has 9 heteroatoms. The second-order valence-corrected chi connectivity index (χ2v) is 10.4. The Hall–Kier alpha value is -3.56. The zero-order chi connectivity index (χ0) is 25.4. The molecule has 2 N–H and O–H groups in total. The van der Waals surface area contributed by atoms with E-state index in [9.17, 15) is 9.90 Å². The minimum Gasteiger partial charge on any atom is -0.389 e. The second kappa shape index (κ2) is 9.48. The van der Waals surface area contributed by atoms with E-state index in [0.717, 1.165) is 42.5 Å². The molecule has 1 aromatic carbocycles. The van der Waals surface area contributed by atoms with Gasteiger partial charge in [0.05, 0.1) is 35.1 Å². The van der Waals surface area contributed by atoms with Crippen LogP contribution in [-0.2, 0) is 13.6 Å². The molecule has 3 aromatic heterocycles. The van der Waals surface area contributed by atoms with Crippen LogP contribution in [0.4, 0.5) is 5.95 Å². The van der Waals surface area contributed by atoms with Gasteiger partial charge in [-0.15, -0.1) is 0 Å². The summed E-state index contributed by atoms with van der Waals surface area (Å²) in [6.07, 6.45) is 7.43. The molecule has 1 fully saturated rings. The summed E-state index contributed by atoms with van der Waals surface area (Å²) in [4.78, 5) is 24.8. The molecule has 4 aromatic rings. The number of fused-ring (bicyclic) bond motifs is 1. The van der Waals surface area contributed by atoms with Crippen molar-refractivity contribution in [2.24, 2.45) is 7.05 Å². The van der Waals surface area contributed by atoms with Crippen molar-refractivity contribution >= 4 is 22.9 Å². The van der Waals surface area contributed by atoms with Gasteiger partial charge in [0.2, 0.25) is 5.95 Å². The highest BCUT2D eigenvalue weighted by molar-refractivity contribution is 6.04. The van der Waals surface area contributed by atoms with E-state index >= 15 is 0 Å². The average Bonchev–Trinajstić information content (AvgIpc) is 3.42. The van der Waals surface area contributed by atoms with E-state index in [1.54, 1.807) is 43.1 Å². The number of amides is 1. The first kappa shape index (κ1) is 24.1. The van der Waals surface area contributed by atoms with Gasteiger partial charge in [-0.25, -0.2) is 4.98 Å². The maximum atomic E-state index is 13.3. The monoisotopic (exact) mass is 487 g/mol. The largest absolute Gasteiger partial charge is 0.389 e. The summed E-state index contributed by atoms with van der Waals surface area (Å²) in [6, 6.07) is 9.78. The zero-order valence-corrected chi connectivity index (χ0v) is 21.3. The zero-order valence-electron chi connectivity index (χ0n) is 21.3. The predicted octanol–water partition coefficient (Wildman–Crippen LogP) is 3.66. The number of carbonyl (C=O) groups is 1. The van der Waals surface area contributed by atoms with Gasteiger partial charge >= 0.3 is 0 Å². The number of aromatic nitrogens is 5. The number of piperidine rings is 1. The molecular weight excluding hydrogens is 454 g/mol. The lowest BCUT2D eigenvalue weighted by Crippen LogP contribution is -2.29. The van der Waals surface area contributed by atoms with Crippen LogP contribution in [0.15, 0.2) is 48.9 Å². The summed E-state index contributed by atoms with van der Waals surface area (Å²) in [5, 5.41) is 17.8. The topological polar surface area (TPSA) is 101 Å². The summed E-state index contributed by atoms with van der Waals surface area (Å²) in [7, 11) is 4.00. The van der Waals surface area contributed by atoms with Crippen molar-refractivity contribution < 1.29 is 9.90 Å². The summed E-state index contributed by atoms with van der Waals surface area (Å²) in [5.74, 6) is 0.633. The first-order valence-corrected chi connectivity index (χ1v) is 12.3. The van der Waals surface area contributed by atoms with Crippen LogP contribution < -0.4 is 5.32 Å².